The van der Waals surface area contributed by atoms with E-state index in [1.165, 1.54) is 0 Å². The smallest absolute Gasteiger partial charge is 0.435 e. The van der Waals surface area contributed by atoms with Crippen LogP contribution in [0.25, 0.3) is 0 Å². The Bertz CT molecular complexity index is 828. The Kier molecular flexibility index (Phi) is 3.59. The van der Waals surface area contributed by atoms with E-state index in [1.54, 1.807) is 18.2 Å². The van der Waals surface area contributed by atoms with E-state index in [4.69, 9.17) is 9.47 Å². The van der Waals surface area contributed by atoms with Crippen LogP contribution in [0.3, 0.4) is 0 Å². The quantitative estimate of drug-likeness (QED) is 0.917. The first kappa shape index (κ1) is 15.8. The summed E-state index contributed by atoms with van der Waals surface area (Å²) in [6.07, 6.45) is -2.90. The summed E-state index contributed by atoms with van der Waals surface area (Å²) in [6.45, 7) is -0.165. The largest absolute Gasteiger partial charge is 0.454 e. The average molecular weight is 353 g/mol. The van der Waals surface area contributed by atoms with Crippen molar-refractivity contribution in [3.8, 4) is 11.5 Å². The van der Waals surface area contributed by atoms with Crippen molar-refractivity contribution < 1.29 is 27.4 Å². The van der Waals surface area contributed by atoms with Gasteiger partial charge in [-0.1, -0.05) is 0 Å². The van der Waals surface area contributed by atoms with Gasteiger partial charge in [0.2, 0.25) is 12.7 Å². The first-order valence-corrected chi connectivity index (χ1v) is 7.74. The van der Waals surface area contributed by atoms with Crippen molar-refractivity contribution in [1.29, 1.82) is 0 Å². The Hall–Kier alpha value is -2.71. The number of nitrogens with one attached hydrogen (secondary N) is 1. The van der Waals surface area contributed by atoms with Crippen LogP contribution in [0.15, 0.2) is 24.3 Å². The van der Waals surface area contributed by atoms with E-state index in [9.17, 15) is 18.0 Å². The number of aromatic nitrogens is 2. The maximum Gasteiger partial charge on any atom is 0.435 e. The number of halogens is 3. The topological polar surface area (TPSA) is 65.4 Å². The van der Waals surface area contributed by atoms with Crippen molar-refractivity contribution >= 4 is 11.6 Å². The summed E-state index contributed by atoms with van der Waals surface area (Å²) >= 11 is 0. The van der Waals surface area contributed by atoms with E-state index in [2.05, 4.69) is 10.4 Å². The lowest BCUT2D eigenvalue weighted by molar-refractivity contribution is -0.141. The van der Waals surface area contributed by atoms with Crippen LogP contribution >= 0.6 is 0 Å². The molecule has 1 aromatic heterocycles. The molecule has 1 aliphatic heterocycles. The average Bonchev–Trinajstić information content (AvgIpc) is 3.11. The fourth-order valence-electron chi connectivity index (χ4n) is 2.71. The molecule has 132 valence electrons. The van der Waals surface area contributed by atoms with Gasteiger partial charge < -0.3 is 14.8 Å². The highest BCUT2D eigenvalue weighted by Crippen LogP contribution is 2.42. The highest BCUT2D eigenvalue weighted by Gasteiger charge is 2.38. The van der Waals surface area contributed by atoms with E-state index in [-0.39, 0.29) is 19.3 Å². The molecule has 1 aromatic carbocycles. The van der Waals surface area contributed by atoms with Gasteiger partial charge in [0.25, 0.3) is 0 Å². The Morgan fingerprint density at radius 3 is 2.72 bits per heavy atom. The van der Waals surface area contributed by atoms with Gasteiger partial charge in [-0.15, -0.1) is 0 Å². The van der Waals surface area contributed by atoms with Crippen molar-refractivity contribution in [3.63, 3.8) is 0 Å². The molecular formula is C16H14F3N3O3. The normalized spacial score (nSPS) is 16.1. The van der Waals surface area contributed by atoms with Crippen molar-refractivity contribution in [2.75, 3.05) is 12.1 Å². The molecule has 2 aliphatic rings. The number of ether oxygens (including phenoxy) is 2. The highest BCUT2D eigenvalue weighted by atomic mass is 19.4. The zero-order chi connectivity index (χ0) is 17.6. The summed E-state index contributed by atoms with van der Waals surface area (Å²) in [6, 6.07) is 5.93. The lowest BCUT2D eigenvalue weighted by Gasteiger charge is -2.09. The second kappa shape index (κ2) is 5.68. The van der Waals surface area contributed by atoms with Gasteiger partial charge in [0, 0.05) is 23.4 Å². The van der Waals surface area contributed by atoms with E-state index >= 15 is 0 Å². The molecule has 2 heterocycles. The van der Waals surface area contributed by atoms with Crippen LogP contribution in [0, 0.1) is 0 Å². The number of hydrogen-bond acceptors (Lipinski definition) is 4. The molecule has 9 heteroatoms. The molecule has 2 aromatic rings. The molecule has 0 radical (unpaired) electrons. The maximum atomic E-state index is 12.9. The minimum Gasteiger partial charge on any atom is -0.454 e. The van der Waals surface area contributed by atoms with E-state index in [0.29, 0.717) is 22.9 Å². The molecule has 1 fully saturated rings. The Balaban J connectivity index is 1.50. The number of fused-ring (bicyclic) bond motifs is 1. The van der Waals surface area contributed by atoms with Gasteiger partial charge in [-0.3, -0.25) is 9.48 Å². The SMILES string of the molecule is O=C(Cn1nc(C(F)(F)F)cc1C1CC1)Nc1ccc2c(c1)OCO2. The maximum absolute atomic E-state index is 12.9. The van der Waals surface area contributed by atoms with Crippen molar-refractivity contribution in [3.05, 3.63) is 35.7 Å². The van der Waals surface area contributed by atoms with Gasteiger partial charge in [-0.2, -0.15) is 18.3 Å². The van der Waals surface area contributed by atoms with Gasteiger partial charge in [0.05, 0.1) is 0 Å². The molecule has 4 rings (SSSR count). The molecule has 0 saturated heterocycles. The number of nitrogens with zero attached hydrogens (tertiary/aromatic N) is 2. The number of amides is 1. The van der Waals surface area contributed by atoms with Crippen LogP contribution in [-0.2, 0) is 17.5 Å². The third-order valence-corrected chi connectivity index (χ3v) is 4.05. The number of benzene rings is 1. The van der Waals surface area contributed by atoms with Crippen LogP contribution in [0.5, 0.6) is 11.5 Å². The van der Waals surface area contributed by atoms with Crippen LogP contribution in [0.4, 0.5) is 18.9 Å². The number of anilines is 1. The summed E-state index contributed by atoms with van der Waals surface area (Å²) in [4.78, 5) is 12.2. The summed E-state index contributed by atoms with van der Waals surface area (Å²) in [5.41, 5.74) is -0.0381. The predicted octanol–water partition coefficient (Wildman–Crippen LogP) is 3.15. The molecule has 6 nitrogen and oxygen atoms in total. The summed E-state index contributed by atoms with van der Waals surface area (Å²) in [5, 5.41) is 6.21. The number of alkyl halides is 3. The second-order valence-electron chi connectivity index (χ2n) is 6.00. The Morgan fingerprint density at radius 2 is 2.00 bits per heavy atom. The lowest BCUT2D eigenvalue weighted by atomic mass is 10.2. The summed E-state index contributed by atoms with van der Waals surface area (Å²) in [7, 11) is 0. The summed E-state index contributed by atoms with van der Waals surface area (Å²) < 4.78 is 50.2. The molecule has 1 N–H and O–H groups in total. The van der Waals surface area contributed by atoms with Gasteiger partial charge in [-0.25, -0.2) is 0 Å². The number of carbonyl (C=O) groups is 1. The second-order valence-corrected chi connectivity index (χ2v) is 6.00. The fourth-order valence-corrected chi connectivity index (χ4v) is 2.71. The minimum absolute atomic E-state index is 0.0435. The number of carbonyl (C=O) groups excluding carboxylic acids is 1. The molecular weight excluding hydrogens is 339 g/mol. The van der Waals surface area contributed by atoms with Gasteiger partial charge in [0.15, 0.2) is 17.2 Å². The molecule has 0 bridgehead atoms. The number of hydrogen-bond donors (Lipinski definition) is 1. The standard InChI is InChI=1S/C16H14F3N3O3/c17-16(18,19)14-6-11(9-1-2-9)22(21-14)7-15(23)20-10-3-4-12-13(5-10)25-8-24-12/h3-6,9H,1-2,7-8H2,(H,20,23). The number of rotatable bonds is 4. The van der Waals surface area contributed by atoms with Crippen molar-refractivity contribution in [2.24, 2.45) is 0 Å². The fraction of sp³-hybridized carbons (Fsp3) is 0.375. The third kappa shape index (κ3) is 3.26. The van der Waals surface area contributed by atoms with Crippen LogP contribution in [-0.4, -0.2) is 22.5 Å². The summed E-state index contributed by atoms with van der Waals surface area (Å²) in [5.74, 6) is 0.672. The molecule has 1 amide bonds. The zero-order valence-corrected chi connectivity index (χ0v) is 13.0. The molecule has 0 spiro atoms. The Labute approximate surface area is 140 Å². The van der Waals surface area contributed by atoms with E-state index in [1.807, 2.05) is 0 Å². The first-order chi connectivity index (χ1) is 11.9. The minimum atomic E-state index is -4.53. The van der Waals surface area contributed by atoms with E-state index < -0.39 is 17.8 Å². The Morgan fingerprint density at radius 1 is 1.24 bits per heavy atom. The molecule has 1 aliphatic carbocycles. The zero-order valence-electron chi connectivity index (χ0n) is 13.0. The van der Waals surface area contributed by atoms with Crippen molar-refractivity contribution in [2.45, 2.75) is 31.5 Å². The molecule has 0 atom stereocenters. The van der Waals surface area contributed by atoms with Crippen LogP contribution in [0.2, 0.25) is 0 Å². The predicted molar refractivity (Wildman–Crippen MR) is 80.4 cm³/mol. The molecule has 25 heavy (non-hydrogen) atoms. The molecule has 1 saturated carbocycles. The first-order valence-electron chi connectivity index (χ1n) is 7.74. The van der Waals surface area contributed by atoms with Crippen molar-refractivity contribution in [1.82, 2.24) is 9.78 Å². The van der Waals surface area contributed by atoms with Gasteiger partial charge in [-0.05, 0) is 31.0 Å². The van der Waals surface area contributed by atoms with Gasteiger partial charge in [0.1, 0.15) is 6.54 Å². The lowest BCUT2D eigenvalue weighted by Crippen LogP contribution is -2.21. The van der Waals surface area contributed by atoms with Crippen LogP contribution < -0.4 is 14.8 Å². The molecule has 0 unspecified atom stereocenters. The third-order valence-electron chi connectivity index (χ3n) is 4.05. The monoisotopic (exact) mass is 353 g/mol. The highest BCUT2D eigenvalue weighted by molar-refractivity contribution is 5.91. The van der Waals surface area contributed by atoms with Crippen LogP contribution in [0.1, 0.15) is 30.1 Å². The van der Waals surface area contributed by atoms with E-state index in [0.717, 1.165) is 23.6 Å². The van der Waals surface area contributed by atoms with Gasteiger partial charge >= 0.3 is 6.18 Å².